The Balaban J connectivity index is 1.23. The number of hydrogen-bond donors (Lipinski definition) is 1. The van der Waals surface area contributed by atoms with Gasteiger partial charge >= 0.3 is 5.97 Å². The van der Waals surface area contributed by atoms with Crippen LogP contribution in [0, 0.1) is 12.8 Å². The molecule has 1 saturated carbocycles. The van der Waals surface area contributed by atoms with Gasteiger partial charge in [0.1, 0.15) is 18.2 Å². The van der Waals surface area contributed by atoms with Crippen LogP contribution in [0.4, 0.5) is 0 Å². The summed E-state index contributed by atoms with van der Waals surface area (Å²) in [6.07, 6.45) is 5.32. The molecule has 0 bridgehead atoms. The third kappa shape index (κ3) is 5.65. The third-order valence-electron chi connectivity index (χ3n) is 8.72. The number of hydrogen-bond acceptors (Lipinski definition) is 5. The van der Waals surface area contributed by atoms with Crippen LogP contribution in [0.5, 0.6) is 5.75 Å². The Morgan fingerprint density at radius 1 is 0.886 bits per heavy atom. The molecule has 7 nitrogen and oxygen atoms in total. The predicted octanol–water partition coefficient (Wildman–Crippen LogP) is 7.94. The van der Waals surface area contributed by atoms with Gasteiger partial charge < -0.3 is 14.4 Å². The SMILES string of the molecule is Cc1ccc(-c2cccc(Cn3c(C4CCCC[C@@H]4C(=O)O)nc4cc(OCc5ccc6ccccc6n5)ccc43)c2)cn1. The molecule has 0 spiro atoms. The second-order valence-corrected chi connectivity index (χ2v) is 11.7. The molecule has 0 aliphatic heterocycles. The van der Waals surface area contributed by atoms with Crippen LogP contribution in [0.1, 0.15) is 54.4 Å². The van der Waals surface area contributed by atoms with Crippen LogP contribution >= 0.6 is 0 Å². The maximum atomic E-state index is 12.3. The van der Waals surface area contributed by atoms with E-state index in [1.165, 1.54) is 0 Å². The van der Waals surface area contributed by atoms with Gasteiger partial charge in [-0.3, -0.25) is 9.78 Å². The Labute approximate surface area is 256 Å². The molecule has 7 rings (SSSR count). The number of ether oxygens (including phenoxy) is 1. The highest BCUT2D eigenvalue weighted by Gasteiger charge is 2.35. The molecule has 1 aliphatic carbocycles. The van der Waals surface area contributed by atoms with Gasteiger partial charge in [-0.2, -0.15) is 0 Å². The maximum absolute atomic E-state index is 12.3. The van der Waals surface area contributed by atoms with Crippen LogP contribution in [0.15, 0.2) is 97.2 Å². The number of aromatic nitrogens is 4. The average Bonchev–Trinajstić information content (AvgIpc) is 3.41. The van der Waals surface area contributed by atoms with Crippen molar-refractivity contribution in [3.8, 4) is 16.9 Å². The summed E-state index contributed by atoms with van der Waals surface area (Å²) in [5.74, 6) is 0.205. The summed E-state index contributed by atoms with van der Waals surface area (Å²) in [6.45, 7) is 2.91. The Morgan fingerprint density at radius 3 is 2.64 bits per heavy atom. The largest absolute Gasteiger partial charge is 0.487 e. The van der Waals surface area contributed by atoms with Crippen molar-refractivity contribution in [2.45, 2.75) is 51.7 Å². The van der Waals surface area contributed by atoms with Crippen LogP contribution in [-0.4, -0.2) is 30.6 Å². The molecule has 3 aromatic carbocycles. The fourth-order valence-electron chi connectivity index (χ4n) is 6.42. The molecule has 1 fully saturated rings. The molecule has 1 N–H and O–H groups in total. The van der Waals surface area contributed by atoms with E-state index in [9.17, 15) is 9.90 Å². The van der Waals surface area contributed by atoms with Crippen molar-refractivity contribution in [3.63, 3.8) is 0 Å². The van der Waals surface area contributed by atoms with E-state index in [1.807, 2.05) is 67.7 Å². The van der Waals surface area contributed by atoms with Gasteiger partial charge in [-0.25, -0.2) is 9.97 Å². The molecule has 1 aliphatic rings. The Hall–Kier alpha value is -5.04. The highest BCUT2D eigenvalue weighted by Crippen LogP contribution is 2.39. The minimum Gasteiger partial charge on any atom is -0.487 e. The number of carboxylic acid groups (broad SMARTS) is 1. The summed E-state index contributed by atoms with van der Waals surface area (Å²) >= 11 is 0. The monoisotopic (exact) mass is 582 g/mol. The Kier molecular flexibility index (Phi) is 7.52. The molecule has 7 heteroatoms. The summed E-state index contributed by atoms with van der Waals surface area (Å²) in [5, 5.41) is 11.2. The fraction of sp³-hybridized carbons (Fsp3) is 0.243. The van der Waals surface area contributed by atoms with E-state index in [0.717, 1.165) is 75.1 Å². The van der Waals surface area contributed by atoms with Gasteiger partial charge in [0.05, 0.1) is 28.2 Å². The summed E-state index contributed by atoms with van der Waals surface area (Å²) < 4.78 is 8.39. The number of nitrogens with zero attached hydrogens (tertiary/aromatic N) is 4. The lowest BCUT2D eigenvalue weighted by atomic mass is 9.78. The first-order valence-electron chi connectivity index (χ1n) is 15.2. The lowest BCUT2D eigenvalue weighted by molar-refractivity contribution is -0.143. The molecule has 44 heavy (non-hydrogen) atoms. The van der Waals surface area contributed by atoms with Crippen LogP contribution < -0.4 is 4.74 Å². The molecule has 0 saturated heterocycles. The number of benzene rings is 3. The van der Waals surface area contributed by atoms with Crippen LogP contribution in [0.2, 0.25) is 0 Å². The molecular weight excluding hydrogens is 548 g/mol. The van der Waals surface area contributed by atoms with E-state index < -0.39 is 11.9 Å². The van der Waals surface area contributed by atoms with E-state index in [0.29, 0.717) is 25.3 Å². The van der Waals surface area contributed by atoms with Crippen molar-refractivity contribution < 1.29 is 14.6 Å². The summed E-state index contributed by atoms with van der Waals surface area (Å²) in [4.78, 5) is 26.6. The van der Waals surface area contributed by atoms with Crippen LogP contribution in [0.25, 0.3) is 33.1 Å². The van der Waals surface area contributed by atoms with Gasteiger partial charge in [0.25, 0.3) is 0 Å². The van der Waals surface area contributed by atoms with Crippen molar-refractivity contribution in [2.24, 2.45) is 5.92 Å². The number of pyridine rings is 2. The number of aryl methyl sites for hydroxylation is 1. The molecule has 0 amide bonds. The minimum atomic E-state index is -0.742. The van der Waals surface area contributed by atoms with Crippen molar-refractivity contribution in [3.05, 3.63) is 120 Å². The number of aliphatic carboxylic acids is 1. The van der Waals surface area contributed by atoms with E-state index in [-0.39, 0.29) is 5.92 Å². The summed E-state index contributed by atoms with van der Waals surface area (Å²) in [5.41, 5.74) is 7.83. The Morgan fingerprint density at radius 2 is 1.77 bits per heavy atom. The summed E-state index contributed by atoms with van der Waals surface area (Å²) in [7, 11) is 0. The lowest BCUT2D eigenvalue weighted by Gasteiger charge is -2.28. The van der Waals surface area contributed by atoms with Crippen molar-refractivity contribution in [1.29, 1.82) is 0 Å². The van der Waals surface area contributed by atoms with Crippen molar-refractivity contribution in [2.75, 3.05) is 0 Å². The number of imidazole rings is 1. The quantitative estimate of drug-likeness (QED) is 0.196. The molecule has 1 unspecified atom stereocenters. The third-order valence-corrected chi connectivity index (χ3v) is 8.72. The molecule has 220 valence electrons. The Bertz CT molecular complexity index is 1960. The normalized spacial score (nSPS) is 16.8. The second-order valence-electron chi connectivity index (χ2n) is 11.7. The molecule has 0 radical (unpaired) electrons. The first-order valence-corrected chi connectivity index (χ1v) is 15.2. The predicted molar refractivity (Wildman–Crippen MR) is 172 cm³/mol. The van der Waals surface area contributed by atoms with Gasteiger partial charge in [0.15, 0.2) is 0 Å². The van der Waals surface area contributed by atoms with Crippen molar-refractivity contribution >= 4 is 27.9 Å². The van der Waals surface area contributed by atoms with Gasteiger partial charge in [0, 0.05) is 41.4 Å². The highest BCUT2D eigenvalue weighted by atomic mass is 16.5. The van der Waals surface area contributed by atoms with Gasteiger partial charge in [-0.05, 0) is 67.3 Å². The van der Waals surface area contributed by atoms with E-state index in [4.69, 9.17) is 14.7 Å². The lowest BCUT2D eigenvalue weighted by Crippen LogP contribution is -2.27. The zero-order chi connectivity index (χ0) is 30.0. The van der Waals surface area contributed by atoms with Gasteiger partial charge in [-0.15, -0.1) is 0 Å². The number of carboxylic acids is 1. The molecule has 3 heterocycles. The average molecular weight is 583 g/mol. The number of carbonyl (C=O) groups is 1. The van der Waals surface area contributed by atoms with E-state index in [1.54, 1.807) is 0 Å². The fourth-order valence-corrected chi connectivity index (χ4v) is 6.42. The first-order chi connectivity index (χ1) is 21.5. The van der Waals surface area contributed by atoms with Gasteiger partial charge in [0.2, 0.25) is 0 Å². The number of rotatable bonds is 8. The molecule has 2 atom stereocenters. The van der Waals surface area contributed by atoms with Gasteiger partial charge in [-0.1, -0.05) is 61.4 Å². The minimum absolute atomic E-state index is 0.149. The number of para-hydroxylation sites is 1. The van der Waals surface area contributed by atoms with Crippen LogP contribution in [-0.2, 0) is 17.9 Å². The zero-order valence-corrected chi connectivity index (χ0v) is 24.7. The second kappa shape index (κ2) is 11.9. The molecular formula is C37H34N4O3. The topological polar surface area (TPSA) is 90.1 Å². The van der Waals surface area contributed by atoms with Crippen molar-refractivity contribution in [1.82, 2.24) is 19.5 Å². The zero-order valence-electron chi connectivity index (χ0n) is 24.7. The van der Waals surface area contributed by atoms with Crippen LogP contribution in [0.3, 0.4) is 0 Å². The molecule has 6 aromatic rings. The highest BCUT2D eigenvalue weighted by molar-refractivity contribution is 5.79. The number of fused-ring (bicyclic) bond motifs is 2. The first kappa shape index (κ1) is 27.8. The standard InChI is InChI=1S/C37H34N4O3/c1-24-13-14-28(21-38-24)27-9-6-7-25(19-27)22-41-35-18-17-30(44-23-29-16-15-26-8-2-5-12-33(26)39-29)20-34(35)40-36(41)31-10-3-4-11-32(31)37(42)43/h2,5-9,12-21,31-32H,3-4,10-11,22-23H2,1H3,(H,42,43)/t31?,32-/m0/s1. The summed E-state index contributed by atoms with van der Waals surface area (Å²) in [6, 6.07) is 30.6. The smallest absolute Gasteiger partial charge is 0.307 e. The van der Waals surface area contributed by atoms with E-state index in [2.05, 4.69) is 45.9 Å². The maximum Gasteiger partial charge on any atom is 0.307 e. The van der Waals surface area contributed by atoms with E-state index >= 15 is 0 Å². The molecule has 3 aromatic heterocycles.